The maximum Gasteiger partial charge on any atom is 0.265 e. The van der Waals surface area contributed by atoms with Gasteiger partial charge in [-0.25, -0.2) is 14.1 Å². The molecule has 2 unspecified atom stereocenters. The molecule has 8 nitrogen and oxygen atoms in total. The lowest BCUT2D eigenvalue weighted by molar-refractivity contribution is 0.0941. The van der Waals surface area contributed by atoms with Crippen LogP contribution in [0.4, 0.5) is 4.39 Å². The van der Waals surface area contributed by atoms with Gasteiger partial charge in [-0.1, -0.05) is 36.4 Å². The Balaban J connectivity index is 1.65. The van der Waals surface area contributed by atoms with E-state index in [-0.39, 0.29) is 11.5 Å². The zero-order valence-corrected chi connectivity index (χ0v) is 17.8. The Labute approximate surface area is 183 Å². The predicted molar refractivity (Wildman–Crippen MR) is 119 cm³/mol. The van der Waals surface area contributed by atoms with E-state index < -0.39 is 31.5 Å². The van der Waals surface area contributed by atoms with Gasteiger partial charge in [0.15, 0.2) is 0 Å². The van der Waals surface area contributed by atoms with Gasteiger partial charge in [-0.2, -0.15) is 5.10 Å². The van der Waals surface area contributed by atoms with E-state index in [0.717, 1.165) is 5.30 Å². The van der Waals surface area contributed by atoms with Gasteiger partial charge in [-0.05, 0) is 36.0 Å². The van der Waals surface area contributed by atoms with Crippen molar-refractivity contribution >= 4 is 19.4 Å². The minimum atomic E-state index is -1.26. The quantitative estimate of drug-likeness (QED) is 0.389. The van der Waals surface area contributed by atoms with Crippen molar-refractivity contribution in [2.75, 3.05) is 6.66 Å². The summed E-state index contributed by atoms with van der Waals surface area (Å²) in [6, 6.07) is 13.9. The molecule has 10 heteroatoms. The van der Waals surface area contributed by atoms with Gasteiger partial charge in [0.25, 0.3) is 11.5 Å². The number of nitrogens with one attached hydrogen (secondary N) is 2. The average Bonchev–Trinajstić information content (AvgIpc) is 3.33. The summed E-state index contributed by atoms with van der Waals surface area (Å²) in [6.07, 6.45) is 4.34. The van der Waals surface area contributed by atoms with Crippen molar-refractivity contribution in [1.82, 2.24) is 25.1 Å². The highest BCUT2D eigenvalue weighted by Gasteiger charge is 2.21. The second kappa shape index (κ2) is 9.21. The molecule has 0 fully saturated rings. The van der Waals surface area contributed by atoms with Crippen LogP contribution in [-0.4, -0.2) is 37.2 Å². The summed E-state index contributed by atoms with van der Waals surface area (Å²) in [5.41, 5.74) is 0.557. The van der Waals surface area contributed by atoms with E-state index in [9.17, 15) is 18.9 Å². The van der Waals surface area contributed by atoms with E-state index in [2.05, 4.69) is 20.4 Å². The van der Waals surface area contributed by atoms with E-state index in [1.54, 1.807) is 55.3 Å². The molecule has 2 aromatic carbocycles. The molecule has 0 saturated carbocycles. The Morgan fingerprint density at radius 1 is 1.16 bits per heavy atom. The molecule has 2 aromatic heterocycles. The lowest BCUT2D eigenvalue weighted by Gasteiger charge is -2.20. The van der Waals surface area contributed by atoms with Crippen LogP contribution < -0.4 is 16.2 Å². The standard InChI is InChI=1S/C22H19FN5O3P/c1-32(31)17-9-5-15(6-10-17)19(14-3-7-16(23)8-4-14)26-20(29)18-13-24-22(27-21(18)30)28-12-2-11-25-28/h2-13,19,31H,1H3,(H,26,29)(H,24,27,30). The van der Waals surface area contributed by atoms with Gasteiger partial charge in [0.2, 0.25) is 5.95 Å². The van der Waals surface area contributed by atoms with Gasteiger partial charge in [-0.3, -0.25) is 14.6 Å². The Hall–Kier alpha value is -3.68. The summed E-state index contributed by atoms with van der Waals surface area (Å²) < 4.78 is 14.8. The molecule has 0 aliphatic rings. The van der Waals surface area contributed by atoms with Crippen LogP contribution in [-0.2, 0) is 0 Å². The Morgan fingerprint density at radius 2 is 1.81 bits per heavy atom. The molecule has 1 amide bonds. The first-order chi connectivity index (χ1) is 15.4. The summed E-state index contributed by atoms with van der Waals surface area (Å²) in [5, 5.41) is 7.60. The van der Waals surface area contributed by atoms with Crippen LogP contribution >= 0.6 is 8.15 Å². The molecule has 0 saturated heterocycles. The number of halogens is 1. The Kier molecular flexibility index (Phi) is 6.20. The van der Waals surface area contributed by atoms with E-state index >= 15 is 0 Å². The van der Waals surface area contributed by atoms with Gasteiger partial charge in [-0.15, -0.1) is 0 Å². The van der Waals surface area contributed by atoms with Crippen molar-refractivity contribution in [3.63, 3.8) is 0 Å². The minimum absolute atomic E-state index is 0.169. The maximum atomic E-state index is 13.5. The van der Waals surface area contributed by atoms with E-state index in [1.807, 2.05) is 0 Å². The van der Waals surface area contributed by atoms with Crippen molar-refractivity contribution in [2.45, 2.75) is 6.04 Å². The number of aromatic amines is 1. The van der Waals surface area contributed by atoms with Gasteiger partial charge in [0.05, 0.1) is 14.2 Å². The summed E-state index contributed by atoms with van der Waals surface area (Å²) in [7, 11) is -1.26. The molecule has 2 heterocycles. The number of aromatic nitrogens is 4. The molecular weight excluding hydrogens is 432 g/mol. The number of carbonyl (C=O) groups is 1. The third-order valence-corrected chi connectivity index (χ3v) is 5.88. The zero-order valence-electron chi connectivity index (χ0n) is 16.9. The number of carbonyl (C=O) groups excluding carboxylic acids is 1. The lowest BCUT2D eigenvalue weighted by atomic mass is 9.98. The van der Waals surface area contributed by atoms with Gasteiger partial charge >= 0.3 is 0 Å². The SMILES string of the molecule is CP(O)c1ccc(C(NC(=O)c2cnc(-n3cccn3)[nH]c2=O)c2ccc(F)cc2)cc1. The highest BCUT2D eigenvalue weighted by molar-refractivity contribution is 7.59. The third-order valence-electron chi connectivity index (χ3n) is 4.83. The normalized spacial score (nSPS) is 12.8. The number of hydrogen-bond acceptors (Lipinski definition) is 5. The largest absolute Gasteiger partial charge is 0.369 e. The molecule has 32 heavy (non-hydrogen) atoms. The molecule has 0 bridgehead atoms. The first-order valence-electron chi connectivity index (χ1n) is 9.60. The highest BCUT2D eigenvalue weighted by atomic mass is 31.1. The number of benzene rings is 2. The molecule has 162 valence electrons. The Bertz CT molecular complexity index is 1270. The molecule has 4 rings (SSSR count). The van der Waals surface area contributed by atoms with Gasteiger partial charge < -0.3 is 10.2 Å². The number of H-pyrrole nitrogens is 1. The number of rotatable bonds is 6. The summed E-state index contributed by atoms with van der Waals surface area (Å²) in [6.45, 7) is 1.72. The van der Waals surface area contributed by atoms with Crippen LogP contribution in [0.3, 0.4) is 0 Å². The van der Waals surface area contributed by atoms with Gasteiger partial charge in [0, 0.05) is 23.9 Å². The molecule has 0 spiro atoms. The first-order valence-corrected chi connectivity index (χ1v) is 11.3. The lowest BCUT2D eigenvalue weighted by Crippen LogP contribution is -2.34. The van der Waals surface area contributed by atoms with Crippen LogP contribution in [0.2, 0.25) is 0 Å². The van der Waals surface area contributed by atoms with Crippen LogP contribution in [0, 0.1) is 5.82 Å². The smallest absolute Gasteiger partial charge is 0.265 e. The molecule has 0 radical (unpaired) electrons. The fourth-order valence-corrected chi connectivity index (χ4v) is 3.74. The minimum Gasteiger partial charge on any atom is -0.369 e. The fraction of sp³-hybridized carbons (Fsp3) is 0.0909. The summed E-state index contributed by atoms with van der Waals surface area (Å²) >= 11 is 0. The highest BCUT2D eigenvalue weighted by Crippen LogP contribution is 2.26. The first kappa shape index (κ1) is 21.5. The monoisotopic (exact) mass is 451 g/mol. The molecule has 4 aromatic rings. The molecule has 0 aliphatic heterocycles. The van der Waals surface area contributed by atoms with E-state index in [4.69, 9.17) is 0 Å². The molecule has 0 aliphatic carbocycles. The topological polar surface area (TPSA) is 113 Å². The van der Waals surface area contributed by atoms with Crippen LogP contribution in [0.15, 0.2) is 78.0 Å². The number of hydrogen-bond donors (Lipinski definition) is 3. The third kappa shape index (κ3) is 4.64. The van der Waals surface area contributed by atoms with Crippen molar-refractivity contribution in [3.8, 4) is 5.95 Å². The fourth-order valence-electron chi connectivity index (χ4n) is 3.16. The summed E-state index contributed by atoms with van der Waals surface area (Å²) in [5.74, 6) is -0.854. The zero-order chi connectivity index (χ0) is 22.7. The van der Waals surface area contributed by atoms with E-state index in [1.165, 1.54) is 29.2 Å². The average molecular weight is 451 g/mol. The second-order valence-electron chi connectivity index (χ2n) is 6.97. The Morgan fingerprint density at radius 3 is 2.38 bits per heavy atom. The van der Waals surface area contributed by atoms with Crippen molar-refractivity contribution < 1.29 is 14.1 Å². The molecule has 3 N–H and O–H groups in total. The van der Waals surface area contributed by atoms with Crippen molar-refractivity contribution in [2.24, 2.45) is 0 Å². The number of nitrogens with zero attached hydrogens (tertiary/aromatic N) is 3. The number of amides is 1. The molecule has 2 atom stereocenters. The van der Waals surface area contributed by atoms with Crippen LogP contribution in [0.5, 0.6) is 0 Å². The van der Waals surface area contributed by atoms with Crippen molar-refractivity contribution in [3.05, 3.63) is 106 Å². The predicted octanol–water partition coefficient (Wildman–Crippen LogP) is 2.26. The second-order valence-corrected chi connectivity index (χ2v) is 8.54. The van der Waals surface area contributed by atoms with Crippen LogP contribution in [0.25, 0.3) is 5.95 Å². The maximum absolute atomic E-state index is 13.5. The van der Waals surface area contributed by atoms with Gasteiger partial charge in [0.1, 0.15) is 11.4 Å². The van der Waals surface area contributed by atoms with Crippen LogP contribution in [0.1, 0.15) is 27.5 Å². The summed E-state index contributed by atoms with van der Waals surface area (Å²) in [4.78, 5) is 41.9. The van der Waals surface area contributed by atoms with E-state index in [0.29, 0.717) is 11.1 Å². The van der Waals surface area contributed by atoms with Crippen molar-refractivity contribution in [1.29, 1.82) is 0 Å². The molecular formula is C22H19FN5O3P.